The van der Waals surface area contributed by atoms with E-state index in [1.54, 1.807) is 7.11 Å². The molecule has 1 N–H and O–H groups in total. The van der Waals surface area contributed by atoms with Gasteiger partial charge in [-0.2, -0.15) is 0 Å². The van der Waals surface area contributed by atoms with E-state index >= 15 is 0 Å². The Hall–Kier alpha value is -2.15. The molecule has 0 saturated heterocycles. The van der Waals surface area contributed by atoms with Crippen LogP contribution in [0.1, 0.15) is 43.4 Å². The molecule has 1 unspecified atom stereocenters. The molecule has 3 rings (SSSR count). The van der Waals surface area contributed by atoms with Crippen LogP contribution in [0.2, 0.25) is 0 Å². The average molecular weight is 442 g/mol. The standard InChI is InChI=1S/C26H39N3O3/c1-28(16-14-22-9-7-8-15-27-22)18-21-12-13-25(26(17-21)31-3)32-20-24(30)19-29(2)23-10-5-4-6-11-23/h7-9,12-13,15,17,23-24,30H,4-6,10-11,14,16,18-20H2,1-3H3. The van der Waals surface area contributed by atoms with Gasteiger partial charge in [-0.1, -0.05) is 31.4 Å². The second kappa shape index (κ2) is 12.8. The number of hydrogen-bond acceptors (Lipinski definition) is 6. The van der Waals surface area contributed by atoms with Gasteiger partial charge in [-0.15, -0.1) is 0 Å². The predicted molar refractivity (Wildman–Crippen MR) is 128 cm³/mol. The monoisotopic (exact) mass is 441 g/mol. The fourth-order valence-electron chi connectivity index (χ4n) is 4.41. The van der Waals surface area contributed by atoms with Gasteiger partial charge in [0.15, 0.2) is 11.5 Å². The molecule has 1 aromatic carbocycles. The van der Waals surface area contributed by atoms with Gasteiger partial charge in [0.25, 0.3) is 0 Å². The molecule has 1 fully saturated rings. The summed E-state index contributed by atoms with van der Waals surface area (Å²) in [6.45, 7) is 2.64. The van der Waals surface area contributed by atoms with Gasteiger partial charge >= 0.3 is 0 Å². The van der Waals surface area contributed by atoms with Crippen LogP contribution in [-0.2, 0) is 13.0 Å². The third kappa shape index (κ3) is 7.76. The summed E-state index contributed by atoms with van der Waals surface area (Å²) in [5.41, 5.74) is 2.27. The summed E-state index contributed by atoms with van der Waals surface area (Å²) in [5.74, 6) is 1.38. The van der Waals surface area contributed by atoms with Gasteiger partial charge < -0.3 is 24.4 Å². The van der Waals surface area contributed by atoms with Crippen LogP contribution in [0.15, 0.2) is 42.6 Å². The minimum absolute atomic E-state index is 0.261. The smallest absolute Gasteiger partial charge is 0.161 e. The Kier molecular flexibility index (Phi) is 9.78. The quantitative estimate of drug-likeness (QED) is 0.541. The van der Waals surface area contributed by atoms with Crippen LogP contribution < -0.4 is 9.47 Å². The predicted octanol–water partition coefficient (Wildman–Crippen LogP) is 3.77. The van der Waals surface area contributed by atoms with E-state index in [-0.39, 0.29) is 6.61 Å². The number of nitrogens with zero attached hydrogens (tertiary/aromatic N) is 3. The van der Waals surface area contributed by atoms with Gasteiger partial charge in [0.1, 0.15) is 12.7 Å². The van der Waals surface area contributed by atoms with Crippen molar-refractivity contribution in [3.63, 3.8) is 0 Å². The fourth-order valence-corrected chi connectivity index (χ4v) is 4.41. The Labute approximate surface area is 193 Å². The zero-order valence-electron chi connectivity index (χ0n) is 19.9. The first-order valence-electron chi connectivity index (χ1n) is 11.8. The van der Waals surface area contributed by atoms with E-state index < -0.39 is 6.10 Å². The molecule has 1 heterocycles. The van der Waals surface area contributed by atoms with Gasteiger partial charge in [-0.05, 0) is 56.8 Å². The maximum Gasteiger partial charge on any atom is 0.161 e. The van der Waals surface area contributed by atoms with E-state index in [1.807, 2.05) is 30.5 Å². The summed E-state index contributed by atoms with van der Waals surface area (Å²) in [4.78, 5) is 8.95. The highest BCUT2D eigenvalue weighted by Crippen LogP contribution is 2.29. The van der Waals surface area contributed by atoms with Crippen molar-refractivity contribution in [2.45, 2.75) is 57.2 Å². The molecule has 1 aromatic heterocycles. The number of ether oxygens (including phenoxy) is 2. The number of aromatic nitrogens is 1. The maximum absolute atomic E-state index is 10.5. The highest BCUT2D eigenvalue weighted by molar-refractivity contribution is 5.43. The first kappa shape index (κ1) is 24.5. The van der Waals surface area contributed by atoms with Crippen LogP contribution in [0.25, 0.3) is 0 Å². The molecule has 0 radical (unpaired) electrons. The van der Waals surface area contributed by atoms with Crippen LogP contribution in [0.5, 0.6) is 11.5 Å². The molecule has 1 aliphatic carbocycles. The van der Waals surface area contributed by atoms with E-state index in [1.165, 1.54) is 32.1 Å². The summed E-state index contributed by atoms with van der Waals surface area (Å²) in [7, 11) is 5.88. The Morgan fingerprint density at radius 3 is 2.62 bits per heavy atom. The molecule has 1 saturated carbocycles. The minimum Gasteiger partial charge on any atom is -0.493 e. The van der Waals surface area contributed by atoms with Crippen molar-refractivity contribution in [1.82, 2.24) is 14.8 Å². The molecule has 0 amide bonds. The van der Waals surface area contributed by atoms with Gasteiger partial charge in [-0.3, -0.25) is 4.98 Å². The number of hydrogen-bond donors (Lipinski definition) is 1. The van der Waals surface area contributed by atoms with Crippen LogP contribution in [0.4, 0.5) is 0 Å². The van der Waals surface area contributed by atoms with E-state index in [2.05, 4.69) is 41.0 Å². The van der Waals surface area contributed by atoms with Gasteiger partial charge in [0.05, 0.1) is 7.11 Å². The van der Waals surface area contributed by atoms with Crippen molar-refractivity contribution in [2.75, 3.05) is 40.9 Å². The summed E-state index contributed by atoms with van der Waals surface area (Å²) < 4.78 is 11.5. The van der Waals surface area contributed by atoms with Crippen molar-refractivity contribution < 1.29 is 14.6 Å². The first-order chi connectivity index (χ1) is 15.5. The minimum atomic E-state index is -0.524. The lowest BCUT2D eigenvalue weighted by Gasteiger charge is -2.32. The van der Waals surface area contributed by atoms with Gasteiger partial charge in [0, 0.05) is 44.0 Å². The zero-order valence-corrected chi connectivity index (χ0v) is 19.9. The highest BCUT2D eigenvalue weighted by atomic mass is 16.5. The number of pyridine rings is 1. The van der Waals surface area contributed by atoms with Gasteiger partial charge in [0.2, 0.25) is 0 Å². The topological polar surface area (TPSA) is 58.1 Å². The first-order valence-corrected chi connectivity index (χ1v) is 11.8. The molecule has 2 aromatic rings. The zero-order chi connectivity index (χ0) is 22.8. The summed E-state index contributed by atoms with van der Waals surface area (Å²) in [6, 6.07) is 12.6. The summed E-state index contributed by atoms with van der Waals surface area (Å²) in [5, 5.41) is 10.5. The molecule has 6 heteroatoms. The lowest BCUT2D eigenvalue weighted by molar-refractivity contribution is 0.0553. The van der Waals surface area contributed by atoms with Crippen LogP contribution in [0, 0.1) is 0 Å². The van der Waals surface area contributed by atoms with Crippen LogP contribution >= 0.6 is 0 Å². The molecule has 0 bridgehead atoms. The van der Waals surface area contributed by atoms with E-state index in [4.69, 9.17) is 9.47 Å². The van der Waals surface area contributed by atoms with Crippen molar-refractivity contribution in [2.24, 2.45) is 0 Å². The normalized spacial score (nSPS) is 15.8. The molecule has 176 valence electrons. The van der Waals surface area contributed by atoms with E-state index in [9.17, 15) is 5.11 Å². The fraction of sp³-hybridized carbons (Fsp3) is 0.577. The number of rotatable bonds is 12. The highest BCUT2D eigenvalue weighted by Gasteiger charge is 2.20. The third-order valence-corrected chi connectivity index (χ3v) is 6.28. The summed E-state index contributed by atoms with van der Waals surface area (Å²) in [6.07, 6.45) is 8.63. The van der Waals surface area contributed by atoms with Crippen LogP contribution in [0.3, 0.4) is 0 Å². The molecule has 6 nitrogen and oxygen atoms in total. The summed E-state index contributed by atoms with van der Waals surface area (Å²) >= 11 is 0. The lowest BCUT2D eigenvalue weighted by Crippen LogP contribution is -2.40. The SMILES string of the molecule is COc1cc(CN(C)CCc2ccccn2)ccc1OCC(O)CN(C)C1CCCCC1. The Morgan fingerprint density at radius 1 is 1.09 bits per heavy atom. The second-order valence-electron chi connectivity index (χ2n) is 8.99. The molecular weight excluding hydrogens is 402 g/mol. The lowest BCUT2D eigenvalue weighted by atomic mass is 9.94. The van der Waals surface area contributed by atoms with Crippen molar-refractivity contribution in [3.05, 3.63) is 53.9 Å². The van der Waals surface area contributed by atoms with Crippen molar-refractivity contribution in [3.8, 4) is 11.5 Å². The second-order valence-corrected chi connectivity index (χ2v) is 8.99. The Morgan fingerprint density at radius 2 is 1.91 bits per heavy atom. The number of aliphatic hydroxyl groups excluding tert-OH is 1. The Balaban J connectivity index is 1.46. The molecule has 0 aliphatic heterocycles. The van der Waals surface area contributed by atoms with Crippen LogP contribution in [-0.4, -0.2) is 72.9 Å². The number of benzene rings is 1. The van der Waals surface area contributed by atoms with Gasteiger partial charge in [-0.25, -0.2) is 0 Å². The molecular formula is C26H39N3O3. The number of aliphatic hydroxyl groups is 1. The van der Waals surface area contributed by atoms with E-state index in [0.29, 0.717) is 24.1 Å². The Bertz CT molecular complexity index is 796. The average Bonchev–Trinajstić information content (AvgIpc) is 2.83. The number of methoxy groups -OCH3 is 1. The maximum atomic E-state index is 10.5. The third-order valence-electron chi connectivity index (χ3n) is 6.28. The molecule has 32 heavy (non-hydrogen) atoms. The van der Waals surface area contributed by atoms with Crippen molar-refractivity contribution >= 4 is 0 Å². The molecule has 1 aliphatic rings. The van der Waals surface area contributed by atoms with Crippen molar-refractivity contribution in [1.29, 1.82) is 0 Å². The largest absolute Gasteiger partial charge is 0.493 e. The number of likely N-dealkylation sites (N-methyl/N-ethyl adjacent to an activating group) is 2. The van der Waals surface area contributed by atoms with E-state index in [0.717, 1.165) is 30.8 Å². The molecule has 1 atom stereocenters. The molecule has 0 spiro atoms.